The average molecular weight is 206 g/mol. The second-order valence-electron chi connectivity index (χ2n) is 3.33. The molecule has 0 radical (unpaired) electrons. The van der Waals surface area contributed by atoms with Crippen LogP contribution in [0.5, 0.6) is 0 Å². The van der Waals surface area contributed by atoms with Crippen LogP contribution in [-0.4, -0.2) is 18.9 Å². The van der Waals surface area contributed by atoms with Crippen LogP contribution >= 0.6 is 0 Å². The minimum absolute atomic E-state index is 0.0834. The van der Waals surface area contributed by atoms with Crippen LogP contribution in [0.15, 0.2) is 18.2 Å². The summed E-state index contributed by atoms with van der Waals surface area (Å²) in [6.45, 7) is 1.92. The van der Waals surface area contributed by atoms with Gasteiger partial charge >= 0.3 is 5.97 Å². The van der Waals surface area contributed by atoms with Crippen LogP contribution in [0.4, 0.5) is 0 Å². The van der Waals surface area contributed by atoms with Crippen LogP contribution in [0.25, 0.3) is 0 Å². The third-order valence-corrected chi connectivity index (χ3v) is 2.15. The number of methoxy groups -OCH3 is 1. The van der Waals surface area contributed by atoms with Crippen molar-refractivity contribution in [3.05, 3.63) is 34.9 Å². The van der Waals surface area contributed by atoms with E-state index < -0.39 is 0 Å². The number of aryl methyl sites for hydroxylation is 1. The second kappa shape index (κ2) is 4.59. The van der Waals surface area contributed by atoms with Gasteiger partial charge in [0.1, 0.15) is 0 Å². The molecule has 4 heteroatoms. The van der Waals surface area contributed by atoms with Gasteiger partial charge in [-0.05, 0) is 30.2 Å². The number of carbonyl (C=O) groups is 1. The molecule has 0 aliphatic heterocycles. The van der Waals surface area contributed by atoms with Crippen molar-refractivity contribution in [3.8, 4) is 0 Å². The van der Waals surface area contributed by atoms with Gasteiger partial charge in [0.25, 0.3) is 0 Å². The number of benzene rings is 1. The molecule has 0 fully saturated rings. The number of nitrogens with one attached hydrogen (secondary N) is 1. The minimum Gasteiger partial charge on any atom is -0.465 e. The molecule has 4 nitrogen and oxygen atoms in total. The molecule has 0 saturated carbocycles. The summed E-state index contributed by atoms with van der Waals surface area (Å²) in [6, 6.07) is 5.23. The number of rotatable bonds is 3. The first-order valence-corrected chi connectivity index (χ1v) is 4.55. The fraction of sp³-hybridized carbons (Fsp3) is 0.273. The van der Waals surface area contributed by atoms with Gasteiger partial charge in [0.2, 0.25) is 0 Å². The van der Waals surface area contributed by atoms with Crippen LogP contribution < -0.4 is 5.73 Å². The van der Waals surface area contributed by atoms with Crippen molar-refractivity contribution in [3.63, 3.8) is 0 Å². The lowest BCUT2D eigenvalue weighted by atomic mass is 10.0. The molecule has 0 saturated heterocycles. The Morgan fingerprint density at radius 1 is 1.53 bits per heavy atom. The molecule has 0 amide bonds. The van der Waals surface area contributed by atoms with Crippen LogP contribution in [0, 0.1) is 12.3 Å². The lowest BCUT2D eigenvalue weighted by Crippen LogP contribution is -2.14. The number of hydrogen-bond donors (Lipinski definition) is 2. The molecule has 0 atom stereocenters. The molecule has 0 aliphatic carbocycles. The summed E-state index contributed by atoms with van der Waals surface area (Å²) in [5, 5.41) is 7.21. The summed E-state index contributed by atoms with van der Waals surface area (Å²) in [5.74, 6) is -0.292. The van der Waals surface area contributed by atoms with Gasteiger partial charge in [0.15, 0.2) is 0 Å². The van der Waals surface area contributed by atoms with E-state index in [4.69, 9.17) is 11.1 Å². The molecule has 0 heterocycles. The molecule has 0 bridgehead atoms. The van der Waals surface area contributed by atoms with E-state index in [1.807, 2.05) is 13.0 Å². The minimum atomic E-state index is -0.375. The predicted molar refractivity (Wildman–Crippen MR) is 58.1 cm³/mol. The number of hydrogen-bond acceptors (Lipinski definition) is 3. The second-order valence-corrected chi connectivity index (χ2v) is 3.33. The smallest absolute Gasteiger partial charge is 0.337 e. The molecule has 1 rings (SSSR count). The number of ether oxygens (including phenoxy) is 1. The van der Waals surface area contributed by atoms with Gasteiger partial charge in [-0.25, -0.2) is 4.79 Å². The van der Waals surface area contributed by atoms with E-state index >= 15 is 0 Å². The number of esters is 1. The third-order valence-electron chi connectivity index (χ3n) is 2.15. The van der Waals surface area contributed by atoms with Gasteiger partial charge in [0.05, 0.1) is 18.5 Å². The van der Waals surface area contributed by atoms with Gasteiger partial charge in [0, 0.05) is 6.42 Å². The van der Waals surface area contributed by atoms with Gasteiger partial charge < -0.3 is 10.5 Å². The Labute approximate surface area is 88.6 Å². The van der Waals surface area contributed by atoms with E-state index in [0.29, 0.717) is 12.0 Å². The Morgan fingerprint density at radius 3 is 2.73 bits per heavy atom. The van der Waals surface area contributed by atoms with Crippen molar-refractivity contribution < 1.29 is 9.53 Å². The standard InChI is InChI=1S/C11H14N2O2/c1-7-3-4-8(11(14)15-2)5-9(7)6-10(12)13/h3-5H,6H2,1-2H3,(H3,12,13). The summed E-state index contributed by atoms with van der Waals surface area (Å²) >= 11 is 0. The van der Waals surface area contributed by atoms with Crippen molar-refractivity contribution in [2.75, 3.05) is 7.11 Å². The topological polar surface area (TPSA) is 76.2 Å². The summed E-state index contributed by atoms with van der Waals surface area (Å²) < 4.78 is 4.61. The highest BCUT2D eigenvalue weighted by molar-refractivity contribution is 5.90. The first-order valence-electron chi connectivity index (χ1n) is 4.55. The maximum absolute atomic E-state index is 11.3. The zero-order chi connectivity index (χ0) is 11.4. The molecule has 1 aromatic rings. The van der Waals surface area contributed by atoms with E-state index in [2.05, 4.69) is 4.74 Å². The Morgan fingerprint density at radius 2 is 2.20 bits per heavy atom. The third kappa shape index (κ3) is 2.80. The van der Waals surface area contributed by atoms with Crippen molar-refractivity contribution in [1.29, 1.82) is 5.41 Å². The average Bonchev–Trinajstić information content (AvgIpc) is 2.19. The zero-order valence-corrected chi connectivity index (χ0v) is 8.83. The van der Waals surface area contributed by atoms with Crippen molar-refractivity contribution in [1.82, 2.24) is 0 Å². The summed E-state index contributed by atoms with van der Waals surface area (Å²) in [7, 11) is 1.34. The maximum atomic E-state index is 11.3. The molecular formula is C11H14N2O2. The molecule has 0 unspecified atom stereocenters. The number of amidine groups is 1. The first kappa shape index (κ1) is 11.2. The van der Waals surface area contributed by atoms with Crippen LogP contribution in [-0.2, 0) is 11.2 Å². The normalized spacial score (nSPS) is 9.73. The fourth-order valence-electron chi connectivity index (χ4n) is 1.31. The van der Waals surface area contributed by atoms with E-state index in [-0.39, 0.29) is 11.8 Å². The van der Waals surface area contributed by atoms with E-state index in [1.165, 1.54) is 7.11 Å². The summed E-state index contributed by atoms with van der Waals surface area (Å²) in [5.41, 5.74) is 7.70. The molecule has 15 heavy (non-hydrogen) atoms. The molecule has 0 spiro atoms. The van der Waals surface area contributed by atoms with E-state index in [9.17, 15) is 4.79 Å². The Hall–Kier alpha value is -1.84. The van der Waals surface area contributed by atoms with Crippen molar-refractivity contribution in [2.24, 2.45) is 5.73 Å². The van der Waals surface area contributed by atoms with Gasteiger partial charge in [-0.2, -0.15) is 0 Å². The lowest BCUT2D eigenvalue weighted by Gasteiger charge is -2.06. The molecule has 80 valence electrons. The molecule has 3 N–H and O–H groups in total. The Bertz CT molecular complexity index is 400. The highest BCUT2D eigenvalue weighted by Gasteiger charge is 2.08. The van der Waals surface area contributed by atoms with Gasteiger partial charge in [-0.1, -0.05) is 6.07 Å². The highest BCUT2D eigenvalue weighted by Crippen LogP contribution is 2.12. The molecule has 0 aromatic heterocycles. The van der Waals surface area contributed by atoms with Crippen LogP contribution in [0.1, 0.15) is 21.5 Å². The Kier molecular flexibility index (Phi) is 3.44. The van der Waals surface area contributed by atoms with Crippen molar-refractivity contribution in [2.45, 2.75) is 13.3 Å². The zero-order valence-electron chi connectivity index (χ0n) is 8.83. The van der Waals surface area contributed by atoms with E-state index in [0.717, 1.165) is 11.1 Å². The van der Waals surface area contributed by atoms with Crippen LogP contribution in [0.2, 0.25) is 0 Å². The molecule has 0 aliphatic rings. The van der Waals surface area contributed by atoms with Crippen LogP contribution in [0.3, 0.4) is 0 Å². The molecule has 1 aromatic carbocycles. The monoisotopic (exact) mass is 206 g/mol. The predicted octanol–water partition coefficient (Wildman–Crippen LogP) is 1.26. The lowest BCUT2D eigenvalue weighted by molar-refractivity contribution is 0.0600. The summed E-state index contributed by atoms with van der Waals surface area (Å²) in [4.78, 5) is 11.3. The van der Waals surface area contributed by atoms with Gasteiger partial charge in [-0.15, -0.1) is 0 Å². The molecular weight excluding hydrogens is 192 g/mol. The SMILES string of the molecule is COC(=O)c1ccc(C)c(CC(=N)N)c1. The van der Waals surface area contributed by atoms with Crippen molar-refractivity contribution >= 4 is 11.8 Å². The van der Waals surface area contributed by atoms with E-state index in [1.54, 1.807) is 12.1 Å². The quantitative estimate of drug-likeness (QED) is 0.444. The summed E-state index contributed by atoms with van der Waals surface area (Å²) in [6.07, 6.45) is 0.358. The first-order chi connectivity index (χ1) is 7.04. The fourth-order valence-corrected chi connectivity index (χ4v) is 1.31. The number of carbonyl (C=O) groups excluding carboxylic acids is 1. The van der Waals surface area contributed by atoms with Gasteiger partial charge in [-0.3, -0.25) is 5.41 Å². The maximum Gasteiger partial charge on any atom is 0.337 e. The number of nitrogens with two attached hydrogens (primary N) is 1. The largest absolute Gasteiger partial charge is 0.465 e. The highest BCUT2D eigenvalue weighted by atomic mass is 16.5. The Balaban J connectivity index is 3.05.